The van der Waals surface area contributed by atoms with Crippen molar-refractivity contribution in [3.8, 4) is 0 Å². The van der Waals surface area contributed by atoms with Crippen LogP contribution in [0, 0.1) is 5.82 Å². The molecule has 2 heterocycles. The summed E-state index contributed by atoms with van der Waals surface area (Å²) < 4.78 is 15.0. The lowest BCUT2D eigenvalue weighted by Gasteiger charge is -2.18. The first-order valence-electron chi connectivity index (χ1n) is 7.87. The highest BCUT2D eigenvalue weighted by atomic mass is 32.2. The molecule has 0 saturated heterocycles. The zero-order valence-corrected chi connectivity index (χ0v) is 15.5. The summed E-state index contributed by atoms with van der Waals surface area (Å²) >= 11 is 2.86. The summed E-state index contributed by atoms with van der Waals surface area (Å²) in [6.45, 7) is 4.28. The van der Waals surface area contributed by atoms with Crippen LogP contribution >= 0.6 is 23.1 Å². The van der Waals surface area contributed by atoms with Gasteiger partial charge in [0.15, 0.2) is 5.16 Å². The Morgan fingerprint density at radius 3 is 2.88 bits per heavy atom. The minimum atomic E-state index is -0.310. The van der Waals surface area contributed by atoms with Crippen LogP contribution in [0.2, 0.25) is 0 Å². The molecule has 1 amide bonds. The number of carbonyl (C=O) groups is 1. The molecule has 3 aromatic rings. The van der Waals surface area contributed by atoms with Gasteiger partial charge in [0.1, 0.15) is 12.1 Å². The van der Waals surface area contributed by atoms with E-state index < -0.39 is 0 Å². The van der Waals surface area contributed by atoms with E-state index in [-0.39, 0.29) is 23.5 Å². The molecule has 0 spiro atoms. The molecule has 0 fully saturated rings. The number of benzene rings is 1. The van der Waals surface area contributed by atoms with Crippen molar-refractivity contribution < 1.29 is 9.18 Å². The quantitative estimate of drug-likeness (QED) is 0.473. The van der Waals surface area contributed by atoms with Gasteiger partial charge in [-0.3, -0.25) is 4.79 Å². The van der Waals surface area contributed by atoms with Gasteiger partial charge in [0.2, 0.25) is 5.91 Å². The largest absolute Gasteiger partial charge is 0.344 e. The van der Waals surface area contributed by atoms with E-state index in [0.29, 0.717) is 11.7 Å². The summed E-state index contributed by atoms with van der Waals surface area (Å²) in [5.74, 6) is -0.230. The van der Waals surface area contributed by atoms with E-state index in [9.17, 15) is 9.18 Å². The summed E-state index contributed by atoms with van der Waals surface area (Å²) in [5, 5.41) is 13.5. The van der Waals surface area contributed by atoms with Gasteiger partial charge in [0.25, 0.3) is 0 Å². The van der Waals surface area contributed by atoms with Gasteiger partial charge in [0, 0.05) is 11.4 Å². The molecule has 0 bridgehead atoms. The van der Waals surface area contributed by atoms with Crippen molar-refractivity contribution in [2.75, 3.05) is 5.75 Å². The zero-order chi connectivity index (χ0) is 18.4. The molecule has 8 heteroatoms. The van der Waals surface area contributed by atoms with Gasteiger partial charge in [-0.1, -0.05) is 36.0 Å². The minimum Gasteiger partial charge on any atom is -0.344 e. The Kier molecular flexibility index (Phi) is 6.19. The first-order valence-corrected chi connectivity index (χ1v) is 9.73. The minimum absolute atomic E-state index is 0.133. The highest BCUT2D eigenvalue weighted by Gasteiger charge is 2.18. The fourth-order valence-electron chi connectivity index (χ4n) is 2.38. The number of aromatic nitrogens is 3. The van der Waals surface area contributed by atoms with Crippen LogP contribution in [0.4, 0.5) is 4.39 Å². The standard InChI is InChI=1S/C18H17FN4OS2/c1-2-9-23-12-20-22-18(23)26-11-16(24)21-17(15-4-3-10-25-15)13-5-7-14(19)8-6-13/h2-8,10,12,17H,1,9,11H2,(H,21,24)/t17-/m0/s1. The van der Waals surface area contributed by atoms with Gasteiger partial charge in [0.05, 0.1) is 11.8 Å². The van der Waals surface area contributed by atoms with Crippen LogP contribution in [-0.2, 0) is 11.3 Å². The maximum absolute atomic E-state index is 13.2. The normalized spacial score (nSPS) is 11.9. The SMILES string of the molecule is C=CCn1cnnc1SCC(=O)N[C@@H](c1ccc(F)cc1)c1cccs1. The number of nitrogens with zero attached hydrogens (tertiary/aromatic N) is 3. The summed E-state index contributed by atoms with van der Waals surface area (Å²) in [4.78, 5) is 13.5. The second-order valence-corrected chi connectivity index (χ2v) is 7.33. The van der Waals surface area contributed by atoms with Gasteiger partial charge in [-0.05, 0) is 29.1 Å². The molecule has 26 heavy (non-hydrogen) atoms. The monoisotopic (exact) mass is 388 g/mol. The number of allylic oxidation sites excluding steroid dienone is 1. The maximum atomic E-state index is 13.2. The van der Waals surface area contributed by atoms with Gasteiger partial charge in [-0.15, -0.1) is 28.1 Å². The second-order valence-electron chi connectivity index (χ2n) is 5.41. The Morgan fingerprint density at radius 2 is 2.19 bits per heavy atom. The van der Waals surface area contributed by atoms with Crippen LogP contribution in [0.3, 0.4) is 0 Å². The predicted octanol–water partition coefficient (Wildman–Crippen LogP) is 3.66. The average Bonchev–Trinajstić information content (AvgIpc) is 3.31. The van der Waals surface area contributed by atoms with E-state index in [0.717, 1.165) is 10.4 Å². The molecule has 134 valence electrons. The van der Waals surface area contributed by atoms with Crippen molar-refractivity contribution in [2.24, 2.45) is 0 Å². The van der Waals surface area contributed by atoms with Crippen LogP contribution < -0.4 is 5.32 Å². The van der Waals surface area contributed by atoms with Crippen molar-refractivity contribution in [1.29, 1.82) is 0 Å². The van der Waals surface area contributed by atoms with E-state index in [1.54, 1.807) is 35.9 Å². The first-order chi connectivity index (χ1) is 12.7. The van der Waals surface area contributed by atoms with Crippen molar-refractivity contribution in [2.45, 2.75) is 17.7 Å². The fourth-order valence-corrected chi connectivity index (χ4v) is 3.92. The molecule has 0 unspecified atom stereocenters. The Balaban J connectivity index is 1.68. The third kappa shape index (κ3) is 4.59. The smallest absolute Gasteiger partial charge is 0.231 e. The predicted molar refractivity (Wildman–Crippen MR) is 102 cm³/mol. The highest BCUT2D eigenvalue weighted by molar-refractivity contribution is 7.99. The Bertz CT molecular complexity index is 862. The van der Waals surface area contributed by atoms with Crippen molar-refractivity contribution in [3.63, 3.8) is 0 Å². The summed E-state index contributed by atoms with van der Waals surface area (Å²) in [7, 11) is 0. The molecule has 5 nitrogen and oxygen atoms in total. The third-order valence-corrected chi connectivity index (χ3v) is 5.49. The number of carbonyl (C=O) groups excluding carboxylic acids is 1. The van der Waals surface area contributed by atoms with Crippen molar-refractivity contribution in [1.82, 2.24) is 20.1 Å². The Labute approximate surface area is 159 Å². The number of hydrogen-bond donors (Lipinski definition) is 1. The van der Waals surface area contributed by atoms with Crippen molar-refractivity contribution in [3.05, 3.63) is 77.0 Å². The number of amides is 1. The maximum Gasteiger partial charge on any atom is 0.231 e. The number of nitrogens with one attached hydrogen (secondary N) is 1. The molecule has 0 aliphatic heterocycles. The van der Waals surface area contributed by atoms with Crippen LogP contribution in [0.1, 0.15) is 16.5 Å². The molecule has 0 saturated carbocycles. The van der Waals surface area contributed by atoms with Gasteiger partial charge >= 0.3 is 0 Å². The molecule has 1 N–H and O–H groups in total. The molecular weight excluding hydrogens is 371 g/mol. The van der Waals surface area contributed by atoms with Gasteiger partial charge < -0.3 is 9.88 Å². The van der Waals surface area contributed by atoms with E-state index in [1.807, 2.05) is 22.1 Å². The lowest BCUT2D eigenvalue weighted by molar-refractivity contribution is -0.119. The number of rotatable bonds is 8. The zero-order valence-electron chi connectivity index (χ0n) is 13.8. The molecule has 0 radical (unpaired) electrons. The fraction of sp³-hybridized carbons (Fsp3) is 0.167. The van der Waals surface area contributed by atoms with E-state index in [1.165, 1.54) is 23.9 Å². The molecule has 0 aliphatic rings. The molecule has 0 aliphatic carbocycles. The van der Waals surface area contributed by atoms with E-state index in [2.05, 4.69) is 22.1 Å². The Morgan fingerprint density at radius 1 is 1.38 bits per heavy atom. The lowest BCUT2D eigenvalue weighted by atomic mass is 10.1. The summed E-state index contributed by atoms with van der Waals surface area (Å²) in [6, 6.07) is 9.74. The summed E-state index contributed by atoms with van der Waals surface area (Å²) in [5.41, 5.74) is 0.835. The number of hydrogen-bond acceptors (Lipinski definition) is 5. The van der Waals surface area contributed by atoms with Gasteiger partial charge in [-0.25, -0.2) is 4.39 Å². The number of halogens is 1. The molecule has 2 aromatic heterocycles. The number of thioether (sulfide) groups is 1. The molecule has 1 atom stereocenters. The van der Waals surface area contributed by atoms with Crippen LogP contribution in [0.5, 0.6) is 0 Å². The highest BCUT2D eigenvalue weighted by Crippen LogP contribution is 2.26. The average molecular weight is 388 g/mol. The molecular formula is C18H17FN4OS2. The van der Waals surface area contributed by atoms with Crippen molar-refractivity contribution >= 4 is 29.0 Å². The van der Waals surface area contributed by atoms with Crippen LogP contribution in [0.25, 0.3) is 0 Å². The lowest BCUT2D eigenvalue weighted by Crippen LogP contribution is -2.30. The topological polar surface area (TPSA) is 59.8 Å². The first kappa shape index (κ1) is 18.3. The van der Waals surface area contributed by atoms with E-state index >= 15 is 0 Å². The summed E-state index contributed by atoms with van der Waals surface area (Å²) in [6.07, 6.45) is 3.35. The molecule has 3 rings (SSSR count). The van der Waals surface area contributed by atoms with Crippen LogP contribution in [0.15, 0.2) is 65.9 Å². The molecule has 1 aromatic carbocycles. The second kappa shape index (κ2) is 8.77. The van der Waals surface area contributed by atoms with Gasteiger partial charge in [-0.2, -0.15) is 0 Å². The van der Waals surface area contributed by atoms with E-state index in [4.69, 9.17) is 0 Å². The number of thiophene rings is 1. The van der Waals surface area contributed by atoms with Crippen LogP contribution in [-0.4, -0.2) is 26.4 Å². The third-order valence-electron chi connectivity index (χ3n) is 3.57. The Hall–Kier alpha value is -2.45.